The van der Waals surface area contributed by atoms with Crippen molar-refractivity contribution in [1.29, 1.82) is 0 Å². The molecule has 3 rings (SSSR count). The first-order valence-corrected chi connectivity index (χ1v) is 11.6. The van der Waals surface area contributed by atoms with Crippen molar-refractivity contribution in [2.75, 3.05) is 10.0 Å². The Morgan fingerprint density at radius 3 is 2.27 bits per heavy atom. The number of hydrogen-bond acceptors (Lipinski definition) is 5. The highest BCUT2D eigenvalue weighted by Crippen LogP contribution is 2.23. The van der Waals surface area contributed by atoms with Gasteiger partial charge in [0.2, 0.25) is 5.91 Å². The predicted octanol–water partition coefficient (Wildman–Crippen LogP) is 4.89. The van der Waals surface area contributed by atoms with Gasteiger partial charge in [-0.1, -0.05) is 45.0 Å². The van der Waals surface area contributed by atoms with Crippen LogP contribution in [0.3, 0.4) is 0 Å². The molecule has 0 spiro atoms. The van der Waals surface area contributed by atoms with E-state index in [1.807, 2.05) is 12.1 Å². The van der Waals surface area contributed by atoms with Gasteiger partial charge < -0.3 is 5.32 Å². The molecule has 30 heavy (non-hydrogen) atoms. The van der Waals surface area contributed by atoms with Gasteiger partial charge in [0.25, 0.3) is 10.0 Å². The number of carbonyl (C=O) groups excluding carboxylic acids is 1. The van der Waals surface area contributed by atoms with E-state index in [0.29, 0.717) is 10.8 Å². The van der Waals surface area contributed by atoms with Gasteiger partial charge >= 0.3 is 0 Å². The highest BCUT2D eigenvalue weighted by molar-refractivity contribution is 7.93. The van der Waals surface area contributed by atoms with Crippen LogP contribution in [0.25, 0.3) is 6.08 Å². The lowest BCUT2D eigenvalue weighted by Crippen LogP contribution is -2.13. The number of sulfonamides is 1. The number of amides is 1. The van der Waals surface area contributed by atoms with E-state index in [0.717, 1.165) is 5.56 Å². The van der Waals surface area contributed by atoms with Gasteiger partial charge in [-0.05, 0) is 46.9 Å². The number of aromatic nitrogens is 1. The summed E-state index contributed by atoms with van der Waals surface area (Å²) in [4.78, 5) is 16.2. The number of carbonyl (C=O) groups is 1. The molecule has 6 nitrogen and oxygen atoms in total. The quantitative estimate of drug-likeness (QED) is 0.533. The molecule has 0 aliphatic rings. The molecular weight excluding hydrogens is 418 g/mol. The molecule has 3 aromatic rings. The number of hydrogen-bond donors (Lipinski definition) is 2. The summed E-state index contributed by atoms with van der Waals surface area (Å²) >= 11 is 1.20. The van der Waals surface area contributed by atoms with Gasteiger partial charge in [-0.25, -0.2) is 13.4 Å². The number of nitrogens with zero attached hydrogens (tertiary/aromatic N) is 1. The Labute approximate surface area is 180 Å². The molecule has 156 valence electrons. The zero-order valence-electron chi connectivity index (χ0n) is 16.9. The highest BCUT2D eigenvalue weighted by atomic mass is 32.2. The smallest absolute Gasteiger partial charge is 0.263 e. The van der Waals surface area contributed by atoms with Crippen molar-refractivity contribution in [2.45, 2.75) is 31.1 Å². The molecule has 0 saturated carbocycles. The third-order valence-electron chi connectivity index (χ3n) is 4.29. The minimum Gasteiger partial charge on any atom is -0.323 e. The first kappa shape index (κ1) is 21.7. The van der Waals surface area contributed by atoms with Crippen molar-refractivity contribution in [3.05, 3.63) is 77.3 Å². The Morgan fingerprint density at radius 1 is 1.03 bits per heavy atom. The van der Waals surface area contributed by atoms with Gasteiger partial charge in [-0.15, -0.1) is 11.3 Å². The van der Waals surface area contributed by atoms with Crippen molar-refractivity contribution >= 4 is 44.2 Å². The van der Waals surface area contributed by atoms with Crippen LogP contribution >= 0.6 is 11.3 Å². The summed E-state index contributed by atoms with van der Waals surface area (Å²) in [5.41, 5.74) is 2.73. The fourth-order valence-electron chi connectivity index (χ4n) is 2.62. The van der Waals surface area contributed by atoms with E-state index in [9.17, 15) is 13.2 Å². The maximum Gasteiger partial charge on any atom is 0.263 e. The number of rotatable bonds is 6. The van der Waals surface area contributed by atoms with Gasteiger partial charge in [-0.3, -0.25) is 9.52 Å². The Balaban J connectivity index is 1.61. The zero-order chi connectivity index (χ0) is 21.8. The fraction of sp³-hybridized carbons (Fsp3) is 0.182. The molecule has 2 aromatic carbocycles. The highest BCUT2D eigenvalue weighted by Gasteiger charge is 2.15. The first-order chi connectivity index (χ1) is 14.1. The number of anilines is 2. The third-order valence-corrected chi connectivity index (χ3v) is 6.46. The number of nitrogens with one attached hydrogen (secondary N) is 2. The average molecular weight is 442 g/mol. The van der Waals surface area contributed by atoms with Crippen LogP contribution in [0.2, 0.25) is 0 Å². The summed E-state index contributed by atoms with van der Waals surface area (Å²) in [6, 6.07) is 14.0. The van der Waals surface area contributed by atoms with Crippen molar-refractivity contribution in [1.82, 2.24) is 4.98 Å². The van der Waals surface area contributed by atoms with E-state index < -0.39 is 10.0 Å². The van der Waals surface area contributed by atoms with Crippen LogP contribution in [0.1, 0.15) is 31.9 Å². The monoisotopic (exact) mass is 441 g/mol. The molecule has 2 N–H and O–H groups in total. The first-order valence-electron chi connectivity index (χ1n) is 9.25. The van der Waals surface area contributed by atoms with E-state index in [1.54, 1.807) is 23.6 Å². The fourth-order valence-corrected chi connectivity index (χ4v) is 4.40. The summed E-state index contributed by atoms with van der Waals surface area (Å²) in [7, 11) is -3.72. The number of thiazole rings is 1. The minimum absolute atomic E-state index is 0.0784. The summed E-state index contributed by atoms with van der Waals surface area (Å²) in [5, 5.41) is 4.70. The van der Waals surface area contributed by atoms with Gasteiger partial charge in [0.15, 0.2) is 5.13 Å². The largest absolute Gasteiger partial charge is 0.323 e. The van der Waals surface area contributed by atoms with Crippen LogP contribution < -0.4 is 10.0 Å². The molecule has 0 saturated heterocycles. The van der Waals surface area contributed by atoms with Gasteiger partial charge in [-0.2, -0.15) is 0 Å². The van der Waals surface area contributed by atoms with Crippen LogP contribution in [0, 0.1) is 0 Å². The molecule has 1 amide bonds. The standard InChI is InChI=1S/C22H23N3O3S2/c1-22(2,3)17-7-4-16(5-8-17)6-13-20(26)24-18-9-11-19(12-10-18)30(27,28)25-21-23-14-15-29-21/h4-15H,1-3H3,(H,23,25)(H,24,26)/b13-6+. The second-order valence-corrected chi connectivity index (χ2v) is 10.2. The Hall–Kier alpha value is -2.97. The predicted molar refractivity (Wildman–Crippen MR) is 122 cm³/mol. The maximum absolute atomic E-state index is 12.3. The lowest BCUT2D eigenvalue weighted by atomic mass is 9.87. The van der Waals surface area contributed by atoms with Crippen molar-refractivity contribution < 1.29 is 13.2 Å². The van der Waals surface area contributed by atoms with E-state index >= 15 is 0 Å². The minimum atomic E-state index is -3.72. The van der Waals surface area contributed by atoms with E-state index in [4.69, 9.17) is 0 Å². The van der Waals surface area contributed by atoms with Crippen molar-refractivity contribution in [3.8, 4) is 0 Å². The van der Waals surface area contributed by atoms with Gasteiger partial charge in [0.05, 0.1) is 4.90 Å². The molecule has 0 radical (unpaired) electrons. The summed E-state index contributed by atoms with van der Waals surface area (Å²) in [5.74, 6) is -0.300. The lowest BCUT2D eigenvalue weighted by molar-refractivity contribution is -0.111. The topological polar surface area (TPSA) is 88.2 Å². The molecule has 0 atom stereocenters. The molecule has 0 bridgehead atoms. The molecule has 0 fully saturated rings. The van der Waals surface area contributed by atoms with Crippen molar-refractivity contribution in [2.24, 2.45) is 0 Å². The third kappa shape index (κ3) is 5.77. The van der Waals surface area contributed by atoms with E-state index in [-0.39, 0.29) is 16.2 Å². The zero-order valence-corrected chi connectivity index (χ0v) is 18.5. The molecule has 0 unspecified atom stereocenters. The van der Waals surface area contributed by atoms with E-state index in [1.165, 1.54) is 41.3 Å². The Bertz CT molecular complexity index is 1130. The van der Waals surface area contributed by atoms with E-state index in [2.05, 4.69) is 47.9 Å². The molecule has 8 heteroatoms. The summed E-state index contributed by atoms with van der Waals surface area (Å²) in [6.07, 6.45) is 4.70. The van der Waals surface area contributed by atoms with Crippen LogP contribution in [0.5, 0.6) is 0 Å². The normalized spacial score (nSPS) is 12.1. The van der Waals surface area contributed by atoms with Gasteiger partial charge in [0.1, 0.15) is 0 Å². The molecule has 0 aliphatic carbocycles. The molecular formula is C22H23N3O3S2. The van der Waals surface area contributed by atoms with Gasteiger partial charge in [0, 0.05) is 23.3 Å². The van der Waals surface area contributed by atoms with Crippen LogP contribution in [0.4, 0.5) is 10.8 Å². The molecule has 1 aromatic heterocycles. The second-order valence-electron chi connectivity index (χ2n) is 7.66. The maximum atomic E-state index is 12.3. The Kier molecular flexibility index (Phi) is 6.38. The molecule has 1 heterocycles. The Morgan fingerprint density at radius 2 is 1.70 bits per heavy atom. The number of benzene rings is 2. The van der Waals surface area contributed by atoms with Crippen LogP contribution in [0.15, 0.2) is 71.1 Å². The lowest BCUT2D eigenvalue weighted by Gasteiger charge is -2.18. The SMILES string of the molecule is CC(C)(C)c1ccc(/C=C/C(=O)Nc2ccc(S(=O)(=O)Nc3nccs3)cc2)cc1. The van der Waals surface area contributed by atoms with Crippen LogP contribution in [-0.4, -0.2) is 19.3 Å². The van der Waals surface area contributed by atoms with Crippen molar-refractivity contribution in [3.63, 3.8) is 0 Å². The average Bonchev–Trinajstić information content (AvgIpc) is 3.19. The van der Waals surface area contributed by atoms with Crippen LogP contribution in [-0.2, 0) is 20.2 Å². The second kappa shape index (κ2) is 8.81. The summed E-state index contributed by atoms with van der Waals surface area (Å²) < 4.78 is 27.1. The molecule has 0 aliphatic heterocycles. The summed E-state index contributed by atoms with van der Waals surface area (Å²) in [6.45, 7) is 6.45.